The van der Waals surface area contributed by atoms with Crippen LogP contribution in [0, 0.1) is 12.8 Å². The summed E-state index contributed by atoms with van der Waals surface area (Å²) in [4.78, 5) is 27.2. The van der Waals surface area contributed by atoms with Gasteiger partial charge in [0.15, 0.2) is 5.82 Å². The lowest BCUT2D eigenvalue weighted by molar-refractivity contribution is 0.106. The van der Waals surface area contributed by atoms with Crippen molar-refractivity contribution < 1.29 is 18.8 Å². The first-order valence-electron chi connectivity index (χ1n) is 11.8. The summed E-state index contributed by atoms with van der Waals surface area (Å²) in [5.74, 6) is 2.60. The van der Waals surface area contributed by atoms with Crippen LogP contribution in [0.25, 0.3) is 0 Å². The van der Waals surface area contributed by atoms with Gasteiger partial charge in [-0.25, -0.2) is 4.79 Å². The number of nitrogens with one attached hydrogen (secondary N) is 1. The summed E-state index contributed by atoms with van der Waals surface area (Å²) in [6.45, 7) is 3.48. The molecule has 7 nitrogen and oxygen atoms in total. The molecule has 170 valence electrons. The van der Waals surface area contributed by atoms with Crippen LogP contribution in [0.2, 0.25) is 12.6 Å². The van der Waals surface area contributed by atoms with E-state index >= 15 is 0 Å². The molecule has 32 heavy (non-hydrogen) atoms. The molecule has 2 fully saturated rings. The molecule has 1 aliphatic carbocycles. The molecule has 0 spiro atoms. The first-order chi connectivity index (χ1) is 15.6. The second kappa shape index (κ2) is 10.7. The van der Waals surface area contributed by atoms with E-state index < -0.39 is 0 Å². The zero-order chi connectivity index (χ0) is 22.3. The van der Waals surface area contributed by atoms with Gasteiger partial charge in [-0.15, -0.1) is 0 Å². The summed E-state index contributed by atoms with van der Waals surface area (Å²) in [5.41, 5.74) is 0.830. The molecule has 1 aromatic heterocycles. The van der Waals surface area contributed by atoms with Crippen molar-refractivity contribution in [1.82, 2.24) is 10.1 Å². The predicted molar refractivity (Wildman–Crippen MR) is 125 cm³/mol. The van der Waals surface area contributed by atoms with Gasteiger partial charge in [-0.05, 0) is 44.0 Å². The van der Waals surface area contributed by atoms with E-state index in [0.717, 1.165) is 18.1 Å². The molecule has 0 atom stereocenters. The van der Waals surface area contributed by atoms with E-state index in [2.05, 4.69) is 10.5 Å². The number of carbonyl (C=O) groups excluding carboxylic acids is 2. The Kier molecular flexibility index (Phi) is 7.50. The Morgan fingerprint density at radius 3 is 2.69 bits per heavy atom. The Bertz CT molecular complexity index is 917. The van der Waals surface area contributed by atoms with Crippen molar-refractivity contribution in [2.24, 2.45) is 5.92 Å². The molecule has 8 heteroatoms. The molecular weight excluding hydrogens is 405 g/mol. The standard InChI is InChI=1S/C24H32BN3O4/c1-18-16-22(27-32-18)26-24(30)28-13-11-25(12-14-28)23(29)20-8-5-9-21(17-20)31-15-10-19-6-3-2-4-7-19/h5,8-9,16-17,19H,2-4,6-7,10-15H2,1H3,(H,26,27,30). The maximum Gasteiger partial charge on any atom is 0.323 e. The predicted octanol–water partition coefficient (Wildman–Crippen LogP) is 5.10. The third kappa shape index (κ3) is 5.93. The largest absolute Gasteiger partial charge is 0.494 e. The highest BCUT2D eigenvalue weighted by Gasteiger charge is 2.31. The maximum absolute atomic E-state index is 13.0. The number of hydrogen-bond donors (Lipinski definition) is 1. The van der Waals surface area contributed by atoms with Crippen molar-refractivity contribution in [1.29, 1.82) is 0 Å². The lowest BCUT2D eigenvalue weighted by atomic mass is 9.39. The second-order valence-electron chi connectivity index (χ2n) is 9.05. The van der Waals surface area contributed by atoms with E-state index in [1.807, 2.05) is 24.3 Å². The monoisotopic (exact) mass is 437 g/mol. The summed E-state index contributed by atoms with van der Waals surface area (Å²) < 4.78 is 10.9. The van der Waals surface area contributed by atoms with E-state index in [1.165, 1.54) is 32.1 Å². The zero-order valence-corrected chi connectivity index (χ0v) is 18.8. The van der Waals surface area contributed by atoms with Crippen molar-refractivity contribution in [3.63, 3.8) is 0 Å². The lowest BCUT2D eigenvalue weighted by Gasteiger charge is -2.29. The second-order valence-corrected chi connectivity index (χ2v) is 9.05. The van der Waals surface area contributed by atoms with Crippen LogP contribution in [0.3, 0.4) is 0 Å². The molecule has 0 bridgehead atoms. The van der Waals surface area contributed by atoms with E-state index in [1.54, 1.807) is 17.9 Å². The van der Waals surface area contributed by atoms with Gasteiger partial charge in [0.1, 0.15) is 17.2 Å². The Balaban J connectivity index is 1.24. The van der Waals surface area contributed by atoms with Crippen molar-refractivity contribution in [2.45, 2.75) is 58.1 Å². The summed E-state index contributed by atoms with van der Waals surface area (Å²) in [6.07, 6.45) is 9.07. The van der Waals surface area contributed by atoms with Gasteiger partial charge in [-0.3, -0.25) is 5.32 Å². The summed E-state index contributed by atoms with van der Waals surface area (Å²) in [7, 11) is 0. The zero-order valence-electron chi connectivity index (χ0n) is 18.8. The number of anilines is 1. The highest BCUT2D eigenvalue weighted by Crippen LogP contribution is 2.27. The number of amides is 2. The van der Waals surface area contributed by atoms with Gasteiger partial charge in [0, 0.05) is 24.7 Å². The van der Waals surface area contributed by atoms with E-state index in [0.29, 0.717) is 49.5 Å². The number of aryl methyl sites for hydroxylation is 1. The Morgan fingerprint density at radius 1 is 1.19 bits per heavy atom. The quantitative estimate of drug-likeness (QED) is 0.610. The molecule has 4 rings (SSSR count). The van der Waals surface area contributed by atoms with Crippen molar-refractivity contribution in [3.8, 4) is 5.75 Å². The molecule has 1 aliphatic heterocycles. The Labute approximate surface area is 189 Å². The minimum Gasteiger partial charge on any atom is -0.494 e. The SMILES string of the molecule is Cc1cc(NC(=O)N2CCB(C(=O)c3cccc(OCCC4CCCCC4)c3)CC2)no1. The topological polar surface area (TPSA) is 84.7 Å². The number of nitrogens with zero attached hydrogens (tertiary/aromatic N) is 2. The minimum absolute atomic E-state index is 0.0779. The van der Waals surface area contributed by atoms with Crippen LogP contribution in [-0.4, -0.2) is 48.2 Å². The highest BCUT2D eigenvalue weighted by atomic mass is 16.5. The molecule has 2 amide bonds. The van der Waals surface area contributed by atoms with Crippen molar-refractivity contribution >= 4 is 24.2 Å². The van der Waals surface area contributed by atoms with E-state index in [9.17, 15) is 9.59 Å². The number of ether oxygens (including phenoxy) is 1. The number of carbonyl (C=O) groups is 2. The van der Waals surface area contributed by atoms with Crippen molar-refractivity contribution in [2.75, 3.05) is 25.0 Å². The number of hydrogen-bond acceptors (Lipinski definition) is 5. The van der Waals surface area contributed by atoms with Crippen molar-refractivity contribution in [3.05, 3.63) is 41.7 Å². The Hall–Kier alpha value is -2.77. The van der Waals surface area contributed by atoms with E-state index in [-0.39, 0.29) is 18.4 Å². The minimum atomic E-state index is -0.211. The van der Waals surface area contributed by atoms with Gasteiger partial charge < -0.3 is 19.0 Å². The van der Waals surface area contributed by atoms with Crippen LogP contribution in [0.1, 0.15) is 54.6 Å². The fourth-order valence-electron chi connectivity index (χ4n) is 4.75. The van der Waals surface area contributed by atoms with E-state index in [4.69, 9.17) is 9.26 Å². The van der Waals surface area contributed by atoms with Gasteiger partial charge >= 0.3 is 6.03 Å². The lowest BCUT2D eigenvalue weighted by Crippen LogP contribution is -2.45. The van der Waals surface area contributed by atoms with Crippen LogP contribution in [0.4, 0.5) is 10.6 Å². The Morgan fingerprint density at radius 2 is 1.97 bits per heavy atom. The first kappa shape index (κ1) is 22.4. The summed E-state index contributed by atoms with van der Waals surface area (Å²) in [5, 5.41) is 6.53. The van der Waals surface area contributed by atoms with Gasteiger partial charge in [-0.1, -0.05) is 49.4 Å². The van der Waals surface area contributed by atoms with Gasteiger partial charge in [0.25, 0.3) is 0 Å². The molecule has 1 N–H and O–H groups in total. The molecule has 1 aromatic carbocycles. The fourth-order valence-corrected chi connectivity index (χ4v) is 4.75. The molecule has 0 unspecified atom stereocenters. The van der Waals surface area contributed by atoms with Gasteiger partial charge in [0.2, 0.25) is 6.71 Å². The molecule has 0 radical (unpaired) electrons. The van der Waals surface area contributed by atoms with Crippen LogP contribution >= 0.6 is 0 Å². The smallest absolute Gasteiger partial charge is 0.323 e. The number of urea groups is 1. The maximum atomic E-state index is 13.0. The molecular formula is C24H32BN3O4. The third-order valence-corrected chi connectivity index (χ3v) is 6.65. The molecule has 2 aromatic rings. The van der Waals surface area contributed by atoms with Gasteiger partial charge in [0.05, 0.1) is 6.61 Å². The van der Waals surface area contributed by atoms with Crippen LogP contribution in [-0.2, 0) is 0 Å². The molecule has 1 saturated carbocycles. The molecule has 2 heterocycles. The normalized spacial score (nSPS) is 17.3. The highest BCUT2D eigenvalue weighted by molar-refractivity contribution is 6.92. The third-order valence-electron chi connectivity index (χ3n) is 6.65. The first-order valence-corrected chi connectivity index (χ1v) is 11.8. The van der Waals surface area contributed by atoms with Crippen LogP contribution in [0.5, 0.6) is 5.75 Å². The molecule has 1 saturated heterocycles. The van der Waals surface area contributed by atoms with Crippen LogP contribution in [0.15, 0.2) is 34.9 Å². The number of aromatic nitrogens is 1. The molecule has 2 aliphatic rings. The summed E-state index contributed by atoms with van der Waals surface area (Å²) >= 11 is 0. The number of benzene rings is 1. The number of rotatable bonds is 7. The average Bonchev–Trinajstić information content (AvgIpc) is 3.24. The fraction of sp³-hybridized carbons (Fsp3) is 0.542. The average molecular weight is 437 g/mol. The van der Waals surface area contributed by atoms with Gasteiger partial charge in [-0.2, -0.15) is 0 Å². The summed E-state index contributed by atoms with van der Waals surface area (Å²) in [6, 6.07) is 9.02. The van der Waals surface area contributed by atoms with Crippen LogP contribution < -0.4 is 10.1 Å².